The first-order valence-corrected chi connectivity index (χ1v) is 19.2. The molecule has 0 unspecified atom stereocenters. The summed E-state index contributed by atoms with van der Waals surface area (Å²) in [6.07, 6.45) is -4.87. The molecule has 60 heavy (non-hydrogen) atoms. The highest BCUT2D eigenvalue weighted by Gasteiger charge is 2.40. The van der Waals surface area contributed by atoms with Crippen molar-refractivity contribution >= 4 is 49.3 Å². The lowest BCUT2D eigenvalue weighted by molar-refractivity contribution is -0.137. The standard InChI is InChI=1S/C48H32F3N9/c1-26-53-27(2)56-46(55-26)31-17-20-41-37(24-31)35-13-6-8-15-39(35)59(41)43-22-19-34(30-11-10-12-33(23-30)52-5)45(44(43)48(49,50)51)60-40-16-9-7-14-36(40)38-25-32(18-21-42(38)60)47-57-28(3)54-29(4)58-47/h6-25H,1-4H3. The van der Waals surface area contributed by atoms with Gasteiger partial charge in [0.25, 0.3) is 0 Å². The molecule has 0 amide bonds. The number of aromatic nitrogens is 8. The molecule has 0 N–H and O–H groups in total. The van der Waals surface area contributed by atoms with E-state index < -0.39 is 11.7 Å². The molecule has 9 nitrogen and oxygen atoms in total. The monoisotopic (exact) mass is 791 g/mol. The highest BCUT2D eigenvalue weighted by molar-refractivity contribution is 6.12. The molecule has 0 aliphatic heterocycles. The highest BCUT2D eigenvalue weighted by Crippen LogP contribution is 2.48. The van der Waals surface area contributed by atoms with Crippen LogP contribution >= 0.6 is 0 Å². The van der Waals surface area contributed by atoms with Gasteiger partial charge in [-0.25, -0.2) is 34.7 Å². The summed E-state index contributed by atoms with van der Waals surface area (Å²) in [6, 6.07) is 36.1. The summed E-state index contributed by atoms with van der Waals surface area (Å²) in [5.74, 6) is 3.23. The number of hydrogen-bond donors (Lipinski definition) is 0. The average Bonchev–Trinajstić information content (AvgIpc) is 3.74. The highest BCUT2D eigenvalue weighted by atomic mass is 19.4. The topological polar surface area (TPSA) is 91.6 Å². The van der Waals surface area contributed by atoms with Crippen LogP contribution in [0.3, 0.4) is 0 Å². The van der Waals surface area contributed by atoms with Crippen molar-refractivity contribution in [2.45, 2.75) is 33.9 Å². The van der Waals surface area contributed by atoms with Crippen molar-refractivity contribution in [1.82, 2.24) is 39.0 Å². The molecule has 0 bridgehead atoms. The molecule has 0 saturated heterocycles. The van der Waals surface area contributed by atoms with E-state index in [1.54, 1.807) is 73.2 Å². The molecule has 0 spiro atoms. The summed E-state index contributed by atoms with van der Waals surface area (Å²) >= 11 is 0. The van der Waals surface area contributed by atoms with Crippen molar-refractivity contribution < 1.29 is 13.2 Å². The van der Waals surface area contributed by atoms with Crippen LogP contribution in [-0.2, 0) is 6.18 Å². The zero-order chi connectivity index (χ0) is 41.4. The van der Waals surface area contributed by atoms with Crippen molar-refractivity contribution in [1.29, 1.82) is 0 Å². The average molecular weight is 792 g/mol. The minimum Gasteiger partial charge on any atom is -0.309 e. The number of nitrogens with zero attached hydrogens (tertiary/aromatic N) is 9. The van der Waals surface area contributed by atoms with Crippen LogP contribution in [-0.4, -0.2) is 39.0 Å². The van der Waals surface area contributed by atoms with Gasteiger partial charge in [-0.3, -0.25) is 0 Å². The third-order valence-corrected chi connectivity index (χ3v) is 10.8. The zero-order valence-corrected chi connectivity index (χ0v) is 32.7. The molecule has 0 saturated carbocycles. The fraction of sp³-hybridized carbons (Fsp3) is 0.104. The summed E-state index contributed by atoms with van der Waals surface area (Å²) < 4.78 is 53.0. The van der Waals surface area contributed by atoms with Crippen LogP contribution in [0.25, 0.3) is 93.7 Å². The maximum Gasteiger partial charge on any atom is 0.420 e. The zero-order valence-electron chi connectivity index (χ0n) is 32.7. The van der Waals surface area contributed by atoms with E-state index in [4.69, 9.17) is 6.57 Å². The van der Waals surface area contributed by atoms with E-state index in [0.717, 1.165) is 27.1 Å². The van der Waals surface area contributed by atoms with Gasteiger partial charge in [0, 0.05) is 38.2 Å². The van der Waals surface area contributed by atoms with E-state index in [1.807, 2.05) is 84.9 Å². The van der Waals surface area contributed by atoms with Crippen molar-refractivity contribution in [2.75, 3.05) is 0 Å². The minimum absolute atomic E-state index is 0.0490. The molecular formula is C48H32F3N9. The maximum atomic E-state index is 16.5. The Hall–Kier alpha value is -7.78. The number of alkyl halides is 3. The molecule has 290 valence electrons. The van der Waals surface area contributed by atoms with Gasteiger partial charge in [0.2, 0.25) is 0 Å². The lowest BCUT2D eigenvalue weighted by atomic mass is 9.96. The molecule has 0 aliphatic carbocycles. The molecule has 10 aromatic rings. The minimum atomic E-state index is -4.87. The second-order valence-corrected chi connectivity index (χ2v) is 14.7. The van der Waals surface area contributed by atoms with Crippen LogP contribution < -0.4 is 0 Å². The molecule has 0 atom stereocenters. The first kappa shape index (κ1) is 36.6. The van der Waals surface area contributed by atoms with Crippen LogP contribution in [0.4, 0.5) is 18.9 Å². The summed E-state index contributed by atoms with van der Waals surface area (Å²) in [7, 11) is 0. The molecule has 12 heteroatoms. The van der Waals surface area contributed by atoms with Gasteiger partial charge in [-0.2, -0.15) is 13.2 Å². The Balaban J connectivity index is 1.33. The largest absolute Gasteiger partial charge is 0.420 e. The molecule has 0 fully saturated rings. The van der Waals surface area contributed by atoms with Crippen molar-refractivity contribution in [2.24, 2.45) is 0 Å². The molecule has 0 radical (unpaired) electrons. The number of para-hydroxylation sites is 2. The molecule has 4 heterocycles. The second-order valence-electron chi connectivity index (χ2n) is 14.7. The van der Waals surface area contributed by atoms with Crippen LogP contribution in [0.15, 0.2) is 121 Å². The smallest absolute Gasteiger partial charge is 0.309 e. The number of halogens is 3. The quantitative estimate of drug-likeness (QED) is 0.161. The number of benzene rings is 6. The van der Waals surface area contributed by atoms with E-state index in [9.17, 15) is 0 Å². The van der Waals surface area contributed by atoms with E-state index in [-0.39, 0.29) is 11.4 Å². The number of hydrogen-bond acceptors (Lipinski definition) is 6. The summed E-state index contributed by atoms with van der Waals surface area (Å²) in [5.41, 5.74) is 3.90. The van der Waals surface area contributed by atoms with Crippen LogP contribution in [0.1, 0.15) is 28.9 Å². The Morgan fingerprint density at radius 2 is 0.983 bits per heavy atom. The van der Waals surface area contributed by atoms with Gasteiger partial charge in [-0.05, 0) is 93.9 Å². The third kappa shape index (κ3) is 5.93. The fourth-order valence-electron chi connectivity index (χ4n) is 8.47. The normalized spacial score (nSPS) is 11.9. The van der Waals surface area contributed by atoms with Gasteiger partial charge in [0.1, 0.15) is 28.9 Å². The lowest BCUT2D eigenvalue weighted by Gasteiger charge is -2.24. The van der Waals surface area contributed by atoms with Gasteiger partial charge >= 0.3 is 6.18 Å². The Morgan fingerprint density at radius 1 is 0.483 bits per heavy atom. The lowest BCUT2D eigenvalue weighted by Crippen LogP contribution is -2.16. The second kappa shape index (κ2) is 13.7. The molecule has 10 rings (SSSR count). The van der Waals surface area contributed by atoms with Gasteiger partial charge in [-0.15, -0.1) is 0 Å². The summed E-state index contributed by atoms with van der Waals surface area (Å²) in [4.78, 5) is 30.6. The Kier molecular flexibility index (Phi) is 8.33. The van der Waals surface area contributed by atoms with E-state index in [2.05, 4.69) is 34.7 Å². The van der Waals surface area contributed by atoms with Gasteiger partial charge in [0.15, 0.2) is 17.3 Å². The van der Waals surface area contributed by atoms with Gasteiger partial charge in [0.05, 0.1) is 40.0 Å². The third-order valence-electron chi connectivity index (χ3n) is 10.8. The van der Waals surface area contributed by atoms with E-state index >= 15 is 13.2 Å². The maximum absolute atomic E-state index is 16.5. The van der Waals surface area contributed by atoms with Gasteiger partial charge < -0.3 is 9.13 Å². The van der Waals surface area contributed by atoms with Crippen molar-refractivity contribution in [3.63, 3.8) is 0 Å². The number of fused-ring (bicyclic) bond motifs is 6. The number of aryl methyl sites for hydroxylation is 4. The summed E-state index contributed by atoms with van der Waals surface area (Å²) in [5, 5.41) is 3.00. The first-order valence-electron chi connectivity index (χ1n) is 19.2. The molecular weight excluding hydrogens is 760 g/mol. The first-order chi connectivity index (χ1) is 29.0. The van der Waals surface area contributed by atoms with E-state index in [1.165, 1.54) is 0 Å². The SMILES string of the molecule is [C-]#[N+]c1cccc(-c2ccc(-n3c4ccccc4c4cc(-c5nc(C)nc(C)n5)ccc43)c(C(F)(F)F)c2-n2c3ccccc3c3cc(-c4nc(C)nc(C)n4)ccc32)c1. The fourth-order valence-corrected chi connectivity index (χ4v) is 8.47. The predicted octanol–water partition coefficient (Wildman–Crippen LogP) is 12.1. The van der Waals surface area contributed by atoms with E-state index in [0.29, 0.717) is 79.4 Å². The Bertz CT molecular complexity index is 3410. The van der Waals surface area contributed by atoms with Crippen LogP contribution in [0, 0.1) is 34.3 Å². The van der Waals surface area contributed by atoms with Crippen molar-refractivity contribution in [3.05, 3.63) is 162 Å². The van der Waals surface area contributed by atoms with Crippen LogP contribution in [0.2, 0.25) is 0 Å². The summed E-state index contributed by atoms with van der Waals surface area (Å²) in [6.45, 7) is 14.9. The predicted molar refractivity (Wildman–Crippen MR) is 228 cm³/mol. The molecule has 4 aromatic heterocycles. The molecule has 0 aliphatic rings. The molecule has 6 aromatic carbocycles. The number of rotatable bonds is 5. The Labute approximate surface area is 341 Å². The van der Waals surface area contributed by atoms with Crippen molar-refractivity contribution in [3.8, 4) is 45.3 Å². The van der Waals surface area contributed by atoms with Gasteiger partial charge in [-0.1, -0.05) is 60.7 Å². The van der Waals surface area contributed by atoms with Crippen LogP contribution in [0.5, 0.6) is 0 Å². The Morgan fingerprint density at radius 3 is 1.52 bits per heavy atom.